The molecule has 0 aliphatic rings. The van der Waals surface area contributed by atoms with Crippen LogP contribution in [-0.2, 0) is 9.53 Å². The van der Waals surface area contributed by atoms with Gasteiger partial charge in [0.1, 0.15) is 17.5 Å². The maximum atomic E-state index is 13.5. The average molecular weight is 274 g/mol. The van der Waals surface area contributed by atoms with Crippen molar-refractivity contribution >= 4 is 23.3 Å². The van der Waals surface area contributed by atoms with E-state index in [1.165, 1.54) is 18.2 Å². The van der Waals surface area contributed by atoms with E-state index in [9.17, 15) is 9.18 Å². The molecule has 1 N–H and O–H groups in total. The number of rotatable bonds is 3. The Morgan fingerprint density at radius 3 is 2.61 bits per heavy atom. The molecule has 1 unspecified atom stereocenters. The summed E-state index contributed by atoms with van der Waals surface area (Å²) in [6, 6.07) is 3.46. The highest BCUT2D eigenvalue weighted by Gasteiger charge is 2.22. The number of hydrogen-bond donors (Lipinski definition) is 1. The molecule has 0 aliphatic heterocycles. The second-order valence-electron chi connectivity index (χ2n) is 5.02. The van der Waals surface area contributed by atoms with Crippen molar-refractivity contribution in [2.75, 3.05) is 5.32 Å². The number of halogens is 2. The fourth-order valence-electron chi connectivity index (χ4n) is 1.29. The van der Waals surface area contributed by atoms with Gasteiger partial charge >= 0.3 is 5.97 Å². The van der Waals surface area contributed by atoms with Crippen molar-refractivity contribution in [2.45, 2.75) is 39.3 Å². The first kappa shape index (κ1) is 14.8. The van der Waals surface area contributed by atoms with Gasteiger partial charge in [0.2, 0.25) is 0 Å². The summed E-state index contributed by atoms with van der Waals surface area (Å²) >= 11 is 5.76. The van der Waals surface area contributed by atoms with Crippen molar-refractivity contribution in [3.63, 3.8) is 0 Å². The van der Waals surface area contributed by atoms with E-state index < -0.39 is 23.4 Å². The van der Waals surface area contributed by atoms with Gasteiger partial charge in [-0.15, -0.1) is 0 Å². The third-order valence-electron chi connectivity index (χ3n) is 2.06. The first-order valence-corrected chi connectivity index (χ1v) is 6.01. The molecule has 1 atom stereocenters. The van der Waals surface area contributed by atoms with Crippen molar-refractivity contribution in [3.8, 4) is 0 Å². The van der Waals surface area contributed by atoms with E-state index in [-0.39, 0.29) is 5.69 Å². The van der Waals surface area contributed by atoms with Gasteiger partial charge in [-0.05, 0) is 45.9 Å². The van der Waals surface area contributed by atoms with Gasteiger partial charge in [-0.1, -0.05) is 11.6 Å². The Balaban J connectivity index is 2.72. The van der Waals surface area contributed by atoms with Crippen LogP contribution in [0.1, 0.15) is 27.7 Å². The molecule has 0 aliphatic carbocycles. The second kappa shape index (κ2) is 5.57. The van der Waals surface area contributed by atoms with Crippen molar-refractivity contribution in [1.82, 2.24) is 0 Å². The van der Waals surface area contributed by atoms with Crippen LogP contribution in [0.15, 0.2) is 18.2 Å². The van der Waals surface area contributed by atoms with E-state index in [0.29, 0.717) is 5.02 Å². The Labute approximate surface area is 111 Å². The Morgan fingerprint density at radius 1 is 1.44 bits per heavy atom. The van der Waals surface area contributed by atoms with Crippen LogP contribution >= 0.6 is 11.6 Å². The van der Waals surface area contributed by atoms with Gasteiger partial charge in [-0.25, -0.2) is 9.18 Å². The van der Waals surface area contributed by atoms with E-state index in [2.05, 4.69) is 5.32 Å². The van der Waals surface area contributed by atoms with E-state index >= 15 is 0 Å². The summed E-state index contributed by atoms with van der Waals surface area (Å²) in [5.74, 6) is -0.906. The monoisotopic (exact) mass is 273 g/mol. The van der Waals surface area contributed by atoms with Crippen molar-refractivity contribution in [3.05, 3.63) is 29.0 Å². The lowest BCUT2D eigenvalue weighted by molar-refractivity contribution is -0.155. The molecule has 0 spiro atoms. The van der Waals surface area contributed by atoms with Gasteiger partial charge in [0, 0.05) is 5.02 Å². The maximum absolute atomic E-state index is 13.5. The molecule has 0 radical (unpaired) electrons. The number of benzene rings is 1. The Bertz CT molecular complexity index is 443. The Hall–Kier alpha value is -1.29. The van der Waals surface area contributed by atoms with E-state index in [4.69, 9.17) is 16.3 Å². The molecule has 0 bridgehead atoms. The number of carbonyl (C=O) groups is 1. The number of esters is 1. The Kier molecular flexibility index (Phi) is 4.57. The van der Waals surface area contributed by atoms with Crippen LogP contribution in [-0.4, -0.2) is 17.6 Å². The molecule has 3 nitrogen and oxygen atoms in total. The first-order chi connectivity index (χ1) is 8.19. The molecule has 0 saturated heterocycles. The fourth-order valence-corrected chi connectivity index (χ4v) is 1.46. The molecule has 1 rings (SSSR count). The van der Waals surface area contributed by atoms with E-state index in [0.717, 1.165) is 0 Å². The lowest BCUT2D eigenvalue weighted by Crippen LogP contribution is -2.34. The van der Waals surface area contributed by atoms with Gasteiger partial charge in [0.15, 0.2) is 0 Å². The molecular weight excluding hydrogens is 257 g/mol. The molecule has 18 heavy (non-hydrogen) atoms. The third-order valence-corrected chi connectivity index (χ3v) is 2.30. The summed E-state index contributed by atoms with van der Waals surface area (Å²) in [6.07, 6.45) is 0. The summed E-state index contributed by atoms with van der Waals surface area (Å²) in [5.41, 5.74) is -0.388. The summed E-state index contributed by atoms with van der Waals surface area (Å²) < 4.78 is 18.6. The predicted octanol–water partition coefficient (Wildman–Crippen LogP) is 3.62. The van der Waals surface area contributed by atoms with Crippen LogP contribution in [0.4, 0.5) is 10.1 Å². The Morgan fingerprint density at radius 2 is 2.06 bits per heavy atom. The maximum Gasteiger partial charge on any atom is 0.328 e. The zero-order valence-corrected chi connectivity index (χ0v) is 11.6. The summed E-state index contributed by atoms with van der Waals surface area (Å²) in [5, 5.41) is 3.14. The number of carbonyl (C=O) groups excluding carboxylic acids is 1. The smallest absolute Gasteiger partial charge is 0.328 e. The zero-order valence-electron chi connectivity index (χ0n) is 10.9. The van der Waals surface area contributed by atoms with Gasteiger partial charge in [-0.3, -0.25) is 0 Å². The molecule has 0 heterocycles. The van der Waals surface area contributed by atoms with Gasteiger partial charge in [-0.2, -0.15) is 0 Å². The minimum absolute atomic E-state index is 0.181. The van der Waals surface area contributed by atoms with Crippen LogP contribution in [0, 0.1) is 5.82 Å². The molecule has 1 aromatic carbocycles. The molecular formula is C13H17ClFNO2. The highest BCUT2D eigenvalue weighted by Crippen LogP contribution is 2.20. The number of nitrogens with one attached hydrogen (secondary N) is 1. The lowest BCUT2D eigenvalue weighted by atomic mass is 10.2. The quantitative estimate of drug-likeness (QED) is 0.855. The highest BCUT2D eigenvalue weighted by atomic mass is 35.5. The van der Waals surface area contributed by atoms with Gasteiger partial charge in [0.05, 0.1) is 5.69 Å². The minimum Gasteiger partial charge on any atom is -0.458 e. The van der Waals surface area contributed by atoms with Crippen LogP contribution in [0.5, 0.6) is 0 Å². The minimum atomic E-state index is -0.655. The van der Waals surface area contributed by atoms with Crippen molar-refractivity contribution in [1.29, 1.82) is 0 Å². The summed E-state index contributed by atoms with van der Waals surface area (Å²) in [7, 11) is 0. The van der Waals surface area contributed by atoms with Crippen LogP contribution in [0.2, 0.25) is 5.02 Å². The standard InChI is InChI=1S/C13H17ClFNO2/c1-8(12(17)18-13(2,3)4)16-11-7-9(14)5-6-10(11)15/h5-8,16H,1-4H3. The SMILES string of the molecule is CC(Nc1cc(Cl)ccc1F)C(=O)OC(C)(C)C. The fraction of sp³-hybridized carbons (Fsp3) is 0.462. The average Bonchev–Trinajstić information content (AvgIpc) is 2.21. The van der Waals surface area contributed by atoms with Crippen molar-refractivity contribution < 1.29 is 13.9 Å². The molecule has 0 fully saturated rings. The first-order valence-electron chi connectivity index (χ1n) is 5.63. The largest absolute Gasteiger partial charge is 0.458 e. The molecule has 0 saturated carbocycles. The topological polar surface area (TPSA) is 38.3 Å². The number of anilines is 1. The summed E-state index contributed by atoms with van der Waals surface area (Å²) in [4.78, 5) is 11.7. The van der Waals surface area contributed by atoms with Crippen LogP contribution < -0.4 is 5.32 Å². The second-order valence-corrected chi connectivity index (χ2v) is 5.46. The lowest BCUT2D eigenvalue weighted by Gasteiger charge is -2.23. The number of ether oxygens (including phenoxy) is 1. The molecule has 5 heteroatoms. The van der Waals surface area contributed by atoms with Gasteiger partial charge in [0.25, 0.3) is 0 Å². The van der Waals surface area contributed by atoms with Crippen LogP contribution in [0.3, 0.4) is 0 Å². The third kappa shape index (κ3) is 4.53. The highest BCUT2D eigenvalue weighted by molar-refractivity contribution is 6.30. The molecule has 0 amide bonds. The van der Waals surface area contributed by atoms with Crippen LogP contribution in [0.25, 0.3) is 0 Å². The molecule has 0 aromatic heterocycles. The number of hydrogen-bond acceptors (Lipinski definition) is 3. The molecule has 100 valence electrons. The van der Waals surface area contributed by atoms with E-state index in [1.807, 2.05) is 0 Å². The zero-order chi connectivity index (χ0) is 13.9. The molecule has 1 aromatic rings. The van der Waals surface area contributed by atoms with Gasteiger partial charge < -0.3 is 10.1 Å². The van der Waals surface area contributed by atoms with E-state index in [1.54, 1.807) is 27.7 Å². The summed E-state index contributed by atoms with van der Waals surface area (Å²) in [6.45, 7) is 6.93. The predicted molar refractivity (Wildman–Crippen MR) is 70.3 cm³/mol. The van der Waals surface area contributed by atoms with Crippen molar-refractivity contribution in [2.24, 2.45) is 0 Å². The normalized spacial score (nSPS) is 13.0.